The molecule has 0 saturated carbocycles. The molecule has 0 aliphatic rings. The minimum atomic E-state index is -3.66. The van der Waals surface area contributed by atoms with Crippen molar-refractivity contribution in [2.75, 3.05) is 13.7 Å². The second kappa shape index (κ2) is 8.64. The summed E-state index contributed by atoms with van der Waals surface area (Å²) >= 11 is 0. The zero-order valence-electron chi connectivity index (χ0n) is 14.1. The summed E-state index contributed by atoms with van der Waals surface area (Å²) in [6.45, 7) is 0.561. The number of rotatable bonds is 8. The Balaban J connectivity index is 1.72. The second-order valence-corrected chi connectivity index (χ2v) is 7.23. The molecule has 3 N–H and O–H groups in total. The summed E-state index contributed by atoms with van der Waals surface area (Å²) in [6.07, 6.45) is 1.84. The summed E-state index contributed by atoms with van der Waals surface area (Å²) in [5.74, 6) is 0.729. The molecule has 6 nitrogen and oxygen atoms in total. The summed E-state index contributed by atoms with van der Waals surface area (Å²) in [5.41, 5.74) is 1.92. The molecule has 0 saturated heterocycles. The number of methoxy groups -OCH3 is 1. The molecule has 0 unspecified atom stereocenters. The lowest BCUT2D eigenvalue weighted by atomic mass is 10.1. The maximum Gasteiger partial charge on any atom is 0.238 e. The fraction of sp³-hybridized carbons (Fsp3) is 0.278. The SMILES string of the molecule is COc1ccc(CC(=O)NCCCc2ccc(S(N)(=O)=O)cc2)cc1. The number of carbonyl (C=O) groups excluding carboxylic acids is 1. The molecule has 1 amide bonds. The van der Waals surface area contributed by atoms with Crippen LogP contribution in [0.3, 0.4) is 0 Å². The van der Waals surface area contributed by atoms with Crippen LogP contribution < -0.4 is 15.2 Å². The van der Waals surface area contributed by atoms with Crippen LogP contribution in [0.5, 0.6) is 5.75 Å². The Morgan fingerprint density at radius 3 is 2.20 bits per heavy atom. The van der Waals surface area contributed by atoms with Gasteiger partial charge < -0.3 is 10.1 Å². The van der Waals surface area contributed by atoms with Crippen molar-refractivity contribution in [2.24, 2.45) is 5.14 Å². The zero-order chi connectivity index (χ0) is 18.3. The lowest BCUT2D eigenvalue weighted by Crippen LogP contribution is -2.26. The third-order valence-electron chi connectivity index (χ3n) is 3.74. The van der Waals surface area contributed by atoms with Gasteiger partial charge in [-0.25, -0.2) is 13.6 Å². The molecule has 2 aromatic carbocycles. The van der Waals surface area contributed by atoms with Gasteiger partial charge in [-0.1, -0.05) is 24.3 Å². The third-order valence-corrected chi connectivity index (χ3v) is 4.67. The molecule has 0 bridgehead atoms. The van der Waals surface area contributed by atoms with E-state index < -0.39 is 10.0 Å². The lowest BCUT2D eigenvalue weighted by molar-refractivity contribution is -0.120. The van der Waals surface area contributed by atoms with Crippen molar-refractivity contribution < 1.29 is 17.9 Å². The molecule has 2 rings (SSSR count). The van der Waals surface area contributed by atoms with Gasteiger partial charge in [0.25, 0.3) is 0 Å². The summed E-state index contributed by atoms with van der Waals surface area (Å²) in [7, 11) is -2.05. The number of ether oxygens (including phenoxy) is 1. The molecule has 0 atom stereocenters. The van der Waals surface area contributed by atoms with Gasteiger partial charge in [-0.3, -0.25) is 4.79 Å². The highest BCUT2D eigenvalue weighted by molar-refractivity contribution is 7.89. The molecule has 0 aromatic heterocycles. The standard InChI is InChI=1S/C18H22N2O4S/c1-24-16-8-4-15(5-9-16)13-18(21)20-12-2-3-14-6-10-17(11-7-14)25(19,22)23/h4-11H,2-3,12-13H2,1H3,(H,20,21)(H2,19,22,23). The van der Waals surface area contributed by atoms with Crippen LogP contribution >= 0.6 is 0 Å². The van der Waals surface area contributed by atoms with Gasteiger partial charge in [-0.2, -0.15) is 0 Å². The fourth-order valence-electron chi connectivity index (χ4n) is 2.36. The Hall–Kier alpha value is -2.38. The number of aryl methyl sites for hydroxylation is 1. The Morgan fingerprint density at radius 1 is 1.04 bits per heavy atom. The van der Waals surface area contributed by atoms with Crippen LogP contribution in [0.25, 0.3) is 0 Å². The van der Waals surface area contributed by atoms with Crippen LogP contribution in [0.1, 0.15) is 17.5 Å². The van der Waals surface area contributed by atoms with Gasteiger partial charge in [0.05, 0.1) is 18.4 Å². The van der Waals surface area contributed by atoms with Crippen molar-refractivity contribution in [3.63, 3.8) is 0 Å². The van der Waals surface area contributed by atoms with Crippen molar-refractivity contribution >= 4 is 15.9 Å². The largest absolute Gasteiger partial charge is 0.497 e. The van der Waals surface area contributed by atoms with E-state index in [0.29, 0.717) is 13.0 Å². The highest BCUT2D eigenvalue weighted by Crippen LogP contribution is 2.12. The molecule has 2 aromatic rings. The Bertz CT molecular complexity index is 800. The van der Waals surface area contributed by atoms with Gasteiger partial charge >= 0.3 is 0 Å². The van der Waals surface area contributed by atoms with E-state index in [4.69, 9.17) is 9.88 Å². The average Bonchev–Trinajstić information content (AvgIpc) is 2.59. The van der Waals surface area contributed by atoms with E-state index in [1.807, 2.05) is 24.3 Å². The van der Waals surface area contributed by atoms with Crippen LogP contribution in [-0.4, -0.2) is 28.0 Å². The molecular formula is C18H22N2O4S. The Morgan fingerprint density at radius 2 is 1.64 bits per heavy atom. The summed E-state index contributed by atoms with van der Waals surface area (Å²) in [4.78, 5) is 12.0. The summed E-state index contributed by atoms with van der Waals surface area (Å²) < 4.78 is 27.5. The van der Waals surface area contributed by atoms with Crippen molar-refractivity contribution in [1.29, 1.82) is 0 Å². The van der Waals surface area contributed by atoms with Crippen LogP contribution in [0.2, 0.25) is 0 Å². The molecule has 25 heavy (non-hydrogen) atoms. The second-order valence-electron chi connectivity index (χ2n) is 5.67. The van der Waals surface area contributed by atoms with E-state index in [2.05, 4.69) is 5.32 Å². The summed E-state index contributed by atoms with van der Waals surface area (Å²) in [6, 6.07) is 13.8. The van der Waals surface area contributed by atoms with Gasteiger partial charge in [-0.15, -0.1) is 0 Å². The number of hydrogen-bond donors (Lipinski definition) is 2. The van der Waals surface area contributed by atoms with Crippen LogP contribution in [0, 0.1) is 0 Å². The number of amides is 1. The molecular weight excluding hydrogens is 340 g/mol. The maximum absolute atomic E-state index is 11.9. The first-order chi connectivity index (χ1) is 11.9. The van der Waals surface area contributed by atoms with Gasteiger partial charge in [0.2, 0.25) is 15.9 Å². The Kier molecular flexibility index (Phi) is 6.55. The van der Waals surface area contributed by atoms with E-state index in [9.17, 15) is 13.2 Å². The Labute approximate surface area is 148 Å². The van der Waals surface area contributed by atoms with Gasteiger partial charge in [-0.05, 0) is 48.2 Å². The minimum absolute atomic E-state index is 0.0326. The third kappa shape index (κ3) is 6.21. The van der Waals surface area contributed by atoms with Gasteiger partial charge in [0, 0.05) is 6.54 Å². The molecule has 0 fully saturated rings. The van der Waals surface area contributed by atoms with E-state index in [1.165, 1.54) is 12.1 Å². The first-order valence-corrected chi connectivity index (χ1v) is 9.44. The number of nitrogens with one attached hydrogen (secondary N) is 1. The van der Waals surface area contributed by atoms with Crippen molar-refractivity contribution in [2.45, 2.75) is 24.2 Å². The monoisotopic (exact) mass is 362 g/mol. The molecule has 0 aliphatic heterocycles. The van der Waals surface area contributed by atoms with Crippen LogP contribution in [0.15, 0.2) is 53.4 Å². The van der Waals surface area contributed by atoms with E-state index in [0.717, 1.165) is 29.7 Å². The smallest absolute Gasteiger partial charge is 0.238 e. The molecule has 134 valence electrons. The van der Waals surface area contributed by atoms with Crippen molar-refractivity contribution in [1.82, 2.24) is 5.32 Å². The molecule has 0 heterocycles. The number of carbonyl (C=O) groups is 1. The maximum atomic E-state index is 11.9. The van der Waals surface area contributed by atoms with Crippen LogP contribution in [-0.2, 0) is 27.7 Å². The van der Waals surface area contributed by atoms with Crippen molar-refractivity contribution in [3.8, 4) is 5.75 Å². The molecule has 0 radical (unpaired) electrons. The van der Waals surface area contributed by atoms with E-state index >= 15 is 0 Å². The number of primary sulfonamides is 1. The minimum Gasteiger partial charge on any atom is -0.497 e. The number of sulfonamides is 1. The number of hydrogen-bond acceptors (Lipinski definition) is 4. The zero-order valence-corrected chi connectivity index (χ0v) is 14.9. The fourth-order valence-corrected chi connectivity index (χ4v) is 2.87. The van der Waals surface area contributed by atoms with Crippen molar-refractivity contribution in [3.05, 3.63) is 59.7 Å². The van der Waals surface area contributed by atoms with Gasteiger partial charge in [0.1, 0.15) is 5.75 Å². The predicted molar refractivity (Wildman–Crippen MR) is 95.8 cm³/mol. The van der Waals surface area contributed by atoms with E-state index in [-0.39, 0.29) is 10.8 Å². The topological polar surface area (TPSA) is 98.5 Å². The first-order valence-electron chi connectivity index (χ1n) is 7.90. The number of nitrogens with two attached hydrogens (primary N) is 1. The van der Waals surface area contributed by atoms with Crippen LogP contribution in [0.4, 0.5) is 0 Å². The molecule has 7 heteroatoms. The van der Waals surface area contributed by atoms with Gasteiger partial charge in [0.15, 0.2) is 0 Å². The predicted octanol–water partition coefficient (Wildman–Crippen LogP) is 1.63. The average molecular weight is 362 g/mol. The quantitative estimate of drug-likeness (QED) is 0.697. The highest BCUT2D eigenvalue weighted by Gasteiger charge is 2.07. The number of benzene rings is 2. The highest BCUT2D eigenvalue weighted by atomic mass is 32.2. The van der Waals surface area contributed by atoms with E-state index in [1.54, 1.807) is 19.2 Å². The molecule has 0 spiro atoms. The molecule has 0 aliphatic carbocycles. The lowest BCUT2D eigenvalue weighted by Gasteiger charge is -2.07. The first kappa shape index (κ1) is 19.0. The normalized spacial score (nSPS) is 11.1. The summed E-state index contributed by atoms with van der Waals surface area (Å²) in [5, 5.41) is 7.94.